The maximum Gasteiger partial charge on any atom is 0.283 e. The average molecular weight is 449 g/mol. The molecule has 0 bridgehead atoms. The molecule has 0 fully saturated rings. The van der Waals surface area contributed by atoms with E-state index in [1.54, 1.807) is 23.4 Å². The first-order valence-corrected chi connectivity index (χ1v) is 11.6. The molecule has 0 atom stereocenters. The molecule has 3 heterocycles. The maximum absolute atomic E-state index is 13.3. The molecule has 0 spiro atoms. The third-order valence-electron chi connectivity index (χ3n) is 5.35. The van der Waals surface area contributed by atoms with Crippen LogP contribution in [0.3, 0.4) is 0 Å². The molecule has 5 rings (SSSR count). The van der Waals surface area contributed by atoms with E-state index in [0.29, 0.717) is 26.2 Å². The minimum atomic E-state index is -0.216. The smallest absolute Gasteiger partial charge is 0.283 e. The topological polar surface area (TPSA) is 57.9 Å². The lowest BCUT2D eigenvalue weighted by Crippen LogP contribution is -2.34. The molecule has 3 aromatic rings. The summed E-state index contributed by atoms with van der Waals surface area (Å²) in [5, 5.41) is 6.79. The van der Waals surface area contributed by atoms with E-state index in [2.05, 4.69) is 29.1 Å². The van der Waals surface area contributed by atoms with Crippen molar-refractivity contribution in [2.24, 2.45) is 12.1 Å². The first kappa shape index (κ1) is 19.8. The summed E-state index contributed by atoms with van der Waals surface area (Å²) < 4.78 is 2.85. The number of amides is 1. The molecule has 0 saturated carbocycles. The minimum absolute atomic E-state index is 0.0972. The summed E-state index contributed by atoms with van der Waals surface area (Å²) in [5.41, 5.74) is 2.80. The first-order valence-electron chi connectivity index (χ1n) is 9.95. The Labute approximate surface area is 187 Å². The van der Waals surface area contributed by atoms with Gasteiger partial charge in [-0.25, -0.2) is 0 Å². The predicted molar refractivity (Wildman–Crippen MR) is 128 cm³/mol. The zero-order valence-electron chi connectivity index (χ0n) is 17.3. The van der Waals surface area contributed by atoms with Crippen LogP contribution in [-0.2, 0) is 11.8 Å². The molecule has 1 aromatic heterocycles. The molecule has 31 heavy (non-hydrogen) atoms. The molecule has 2 aliphatic rings. The molecular weight excluding hydrogens is 428 g/mol. The van der Waals surface area contributed by atoms with Gasteiger partial charge in [0.1, 0.15) is 14.2 Å². The Balaban J connectivity index is 1.71. The van der Waals surface area contributed by atoms with E-state index in [4.69, 9.17) is 0 Å². The van der Waals surface area contributed by atoms with Gasteiger partial charge in [-0.05, 0) is 38.1 Å². The number of hydrogen-bond acceptors (Lipinski definition) is 6. The number of fused-ring (bicyclic) bond motifs is 1. The minimum Gasteiger partial charge on any atom is -0.334 e. The highest BCUT2D eigenvalue weighted by Gasteiger charge is 2.32. The fourth-order valence-electron chi connectivity index (χ4n) is 3.82. The van der Waals surface area contributed by atoms with Crippen LogP contribution in [0.5, 0.6) is 0 Å². The molecule has 2 aromatic carbocycles. The fourth-order valence-corrected chi connectivity index (χ4v) is 6.40. The number of carbonyl (C=O) groups excluding carboxylic acids is 1. The number of carbonyl (C=O) groups is 1. The van der Waals surface area contributed by atoms with Gasteiger partial charge in [-0.1, -0.05) is 42.1 Å². The largest absolute Gasteiger partial charge is 0.334 e. The Kier molecular flexibility index (Phi) is 4.83. The number of para-hydroxylation sites is 2. The number of rotatable bonds is 2. The highest BCUT2D eigenvalue weighted by molar-refractivity contribution is 8.08. The maximum atomic E-state index is 13.3. The molecule has 0 unspecified atom stereocenters. The summed E-state index contributed by atoms with van der Waals surface area (Å²) in [6, 6.07) is 17.5. The standard InChI is InChI=1S/C23H20N4O2S2/c1-4-26-16-12-8-9-13-17(16)30-23(26)19-21(29)25(3)22(31-19)18-14(2)24-27(20(18)28)15-10-6-5-7-11-15/h5-13H,4H2,1-3H3/b22-18+,23-19-. The van der Waals surface area contributed by atoms with E-state index in [1.165, 1.54) is 16.3 Å². The van der Waals surface area contributed by atoms with E-state index in [1.807, 2.05) is 49.4 Å². The van der Waals surface area contributed by atoms with Crippen molar-refractivity contribution < 1.29 is 4.79 Å². The van der Waals surface area contributed by atoms with Crippen LogP contribution >= 0.6 is 23.1 Å². The predicted octanol–water partition coefficient (Wildman–Crippen LogP) is 2.72. The lowest BCUT2D eigenvalue weighted by atomic mass is 10.2. The Bertz CT molecular complexity index is 1420. The highest BCUT2D eigenvalue weighted by Crippen LogP contribution is 2.45. The van der Waals surface area contributed by atoms with Crippen LogP contribution in [0.15, 0.2) is 69.4 Å². The molecule has 1 amide bonds. The van der Waals surface area contributed by atoms with Crippen LogP contribution in [0.4, 0.5) is 11.4 Å². The number of thiazole rings is 1. The van der Waals surface area contributed by atoms with Gasteiger partial charge in [-0.3, -0.25) is 9.59 Å². The molecular formula is C23H20N4O2S2. The Morgan fingerprint density at radius 1 is 1.00 bits per heavy atom. The summed E-state index contributed by atoms with van der Waals surface area (Å²) in [6.07, 6.45) is 0. The molecule has 0 aliphatic carbocycles. The van der Waals surface area contributed by atoms with Crippen molar-refractivity contribution in [3.63, 3.8) is 0 Å². The third kappa shape index (κ3) is 3.05. The van der Waals surface area contributed by atoms with Crippen LogP contribution in [0, 0.1) is 0 Å². The van der Waals surface area contributed by atoms with Gasteiger partial charge in [0.15, 0.2) is 0 Å². The monoisotopic (exact) mass is 448 g/mol. The van der Waals surface area contributed by atoms with E-state index in [9.17, 15) is 9.59 Å². The highest BCUT2D eigenvalue weighted by atomic mass is 32.2. The van der Waals surface area contributed by atoms with Crippen molar-refractivity contribution in [3.8, 4) is 0 Å². The molecule has 6 nitrogen and oxygen atoms in total. The third-order valence-corrected chi connectivity index (χ3v) is 7.91. The number of hydrazone groups is 1. The van der Waals surface area contributed by atoms with Gasteiger partial charge in [0, 0.05) is 18.5 Å². The van der Waals surface area contributed by atoms with Crippen molar-refractivity contribution >= 4 is 56.7 Å². The van der Waals surface area contributed by atoms with Crippen LogP contribution in [0.2, 0.25) is 0 Å². The van der Waals surface area contributed by atoms with Crippen LogP contribution in [-0.4, -0.2) is 22.7 Å². The second-order valence-corrected chi connectivity index (χ2v) is 9.26. The van der Waals surface area contributed by atoms with Crippen molar-refractivity contribution in [1.29, 1.82) is 0 Å². The second-order valence-electron chi connectivity index (χ2n) is 7.23. The Morgan fingerprint density at radius 2 is 1.71 bits per heavy atom. The van der Waals surface area contributed by atoms with Crippen LogP contribution < -0.4 is 24.7 Å². The molecule has 2 aliphatic heterocycles. The Morgan fingerprint density at radius 3 is 2.45 bits per heavy atom. The molecule has 0 saturated heterocycles. The van der Waals surface area contributed by atoms with Gasteiger partial charge in [-0.15, -0.1) is 11.3 Å². The summed E-state index contributed by atoms with van der Waals surface area (Å²) in [4.78, 5) is 29.8. The summed E-state index contributed by atoms with van der Waals surface area (Å²) >= 11 is 2.97. The van der Waals surface area contributed by atoms with Crippen LogP contribution in [0.1, 0.15) is 13.8 Å². The van der Waals surface area contributed by atoms with Gasteiger partial charge in [0.05, 0.1) is 22.7 Å². The van der Waals surface area contributed by atoms with E-state index >= 15 is 0 Å². The zero-order chi connectivity index (χ0) is 21.7. The first-order chi connectivity index (χ1) is 15.0. The lowest BCUT2D eigenvalue weighted by molar-refractivity contribution is -0.112. The van der Waals surface area contributed by atoms with Crippen molar-refractivity contribution in [2.45, 2.75) is 18.7 Å². The number of benzene rings is 2. The number of aromatic nitrogens is 1. The van der Waals surface area contributed by atoms with Crippen molar-refractivity contribution in [3.05, 3.63) is 74.1 Å². The van der Waals surface area contributed by atoms with Gasteiger partial charge in [0.2, 0.25) is 0 Å². The normalized spacial score (nSPS) is 19.2. The summed E-state index contributed by atoms with van der Waals surface area (Å²) in [5.74, 6) is -0.216. The quantitative estimate of drug-likeness (QED) is 0.605. The number of nitrogens with zero attached hydrogens (tertiary/aromatic N) is 4. The van der Waals surface area contributed by atoms with E-state index in [0.717, 1.165) is 22.2 Å². The van der Waals surface area contributed by atoms with Gasteiger partial charge >= 0.3 is 0 Å². The van der Waals surface area contributed by atoms with Gasteiger partial charge in [0.25, 0.3) is 11.5 Å². The number of thioether (sulfide) groups is 1. The van der Waals surface area contributed by atoms with Gasteiger partial charge < -0.3 is 9.47 Å². The SMILES string of the molecule is CCN1/C(=c2/s/c(=C3/C(=O)N(c4ccccc4)N=C3C)n(C)c2=O)Sc2ccccc21. The van der Waals surface area contributed by atoms with Crippen molar-refractivity contribution in [2.75, 3.05) is 16.5 Å². The summed E-state index contributed by atoms with van der Waals surface area (Å²) in [6.45, 7) is 4.64. The number of anilines is 2. The Hall–Kier alpha value is -3.10. The van der Waals surface area contributed by atoms with Gasteiger partial charge in [-0.2, -0.15) is 10.1 Å². The second kappa shape index (κ2) is 7.55. The molecule has 0 radical (unpaired) electrons. The molecule has 156 valence electrons. The van der Waals surface area contributed by atoms with Crippen molar-refractivity contribution in [1.82, 2.24) is 4.57 Å². The van der Waals surface area contributed by atoms with E-state index < -0.39 is 0 Å². The zero-order valence-corrected chi connectivity index (χ0v) is 19.0. The van der Waals surface area contributed by atoms with E-state index in [-0.39, 0.29) is 11.5 Å². The molecule has 0 N–H and O–H groups in total. The average Bonchev–Trinajstić information content (AvgIpc) is 3.40. The number of hydrogen-bond donors (Lipinski definition) is 0. The molecule has 8 heteroatoms. The summed E-state index contributed by atoms with van der Waals surface area (Å²) in [7, 11) is 1.72. The lowest BCUT2D eigenvalue weighted by Gasteiger charge is -2.16. The van der Waals surface area contributed by atoms with Crippen LogP contribution in [0.25, 0.3) is 10.6 Å². The fraction of sp³-hybridized carbons (Fsp3) is 0.174.